The van der Waals surface area contributed by atoms with Gasteiger partial charge in [-0.15, -0.1) is 0 Å². The van der Waals surface area contributed by atoms with Gasteiger partial charge in [-0.1, -0.05) is 42.5 Å². The fourth-order valence-electron chi connectivity index (χ4n) is 3.10. The smallest absolute Gasteiger partial charge is 0.265 e. The summed E-state index contributed by atoms with van der Waals surface area (Å²) in [7, 11) is -2.06. The molecule has 1 heterocycles. The molecule has 4 rings (SSSR count). The second-order valence-corrected chi connectivity index (χ2v) is 7.89. The highest BCUT2D eigenvalue weighted by Gasteiger charge is 2.31. The van der Waals surface area contributed by atoms with Gasteiger partial charge in [0.1, 0.15) is 11.6 Å². The van der Waals surface area contributed by atoms with Crippen molar-refractivity contribution in [2.24, 2.45) is 4.99 Å². The van der Waals surface area contributed by atoms with Crippen LogP contribution in [-0.2, 0) is 10.0 Å². The number of hydrogen-bond donors (Lipinski definition) is 0. The molecule has 0 aromatic heterocycles. The van der Waals surface area contributed by atoms with Crippen LogP contribution in [0.15, 0.2) is 76.6 Å². The first-order valence-electron chi connectivity index (χ1n) is 8.30. The summed E-state index contributed by atoms with van der Waals surface area (Å²) in [4.78, 5) is 4.68. The van der Waals surface area contributed by atoms with E-state index in [4.69, 9.17) is 4.74 Å². The molecule has 3 aromatic rings. The number of rotatable bonds is 4. The van der Waals surface area contributed by atoms with Gasteiger partial charge in [-0.2, -0.15) is 0 Å². The zero-order chi connectivity index (χ0) is 18.1. The Labute approximate surface area is 152 Å². The van der Waals surface area contributed by atoms with Gasteiger partial charge in [-0.05, 0) is 35.0 Å². The van der Waals surface area contributed by atoms with E-state index in [1.54, 1.807) is 25.3 Å². The Hall–Kier alpha value is -2.86. The number of fused-ring (bicyclic) bond motifs is 1. The highest BCUT2D eigenvalue weighted by Crippen LogP contribution is 2.27. The van der Waals surface area contributed by atoms with E-state index in [0.29, 0.717) is 18.9 Å². The minimum atomic E-state index is -3.67. The summed E-state index contributed by atoms with van der Waals surface area (Å²) in [5.41, 5.74) is 0.805. The Morgan fingerprint density at radius 1 is 0.962 bits per heavy atom. The summed E-state index contributed by atoms with van der Waals surface area (Å²) in [6.45, 7) is 0.821. The van der Waals surface area contributed by atoms with Gasteiger partial charge in [0.05, 0.1) is 25.1 Å². The van der Waals surface area contributed by atoms with Crippen LogP contribution in [0, 0.1) is 0 Å². The van der Waals surface area contributed by atoms with Gasteiger partial charge >= 0.3 is 0 Å². The molecule has 0 N–H and O–H groups in total. The fraction of sp³-hybridized carbons (Fsp3) is 0.150. The van der Waals surface area contributed by atoms with Crippen molar-refractivity contribution in [3.05, 3.63) is 72.3 Å². The zero-order valence-electron chi connectivity index (χ0n) is 14.3. The lowest BCUT2D eigenvalue weighted by molar-refractivity contribution is 0.415. The lowest BCUT2D eigenvalue weighted by atomic mass is 10.1. The maximum atomic E-state index is 13.2. The molecule has 3 aromatic carbocycles. The first kappa shape index (κ1) is 16.6. The lowest BCUT2D eigenvalue weighted by Crippen LogP contribution is -2.34. The van der Waals surface area contributed by atoms with Gasteiger partial charge in [0.15, 0.2) is 0 Å². The van der Waals surface area contributed by atoms with Crippen LogP contribution >= 0.6 is 0 Å². The number of hydrogen-bond acceptors (Lipinski definition) is 4. The van der Waals surface area contributed by atoms with E-state index in [1.165, 1.54) is 4.31 Å². The molecule has 5 nitrogen and oxygen atoms in total. The van der Waals surface area contributed by atoms with E-state index < -0.39 is 10.0 Å². The summed E-state index contributed by atoms with van der Waals surface area (Å²) in [5, 5.41) is 1.78. The van der Waals surface area contributed by atoms with Gasteiger partial charge in [-0.3, -0.25) is 4.99 Å². The van der Waals surface area contributed by atoms with E-state index in [9.17, 15) is 8.42 Å². The van der Waals surface area contributed by atoms with Crippen LogP contribution in [0.4, 0.5) is 0 Å². The normalized spacial score (nSPS) is 14.5. The topological polar surface area (TPSA) is 59.0 Å². The zero-order valence-corrected chi connectivity index (χ0v) is 15.1. The van der Waals surface area contributed by atoms with E-state index in [2.05, 4.69) is 4.99 Å². The van der Waals surface area contributed by atoms with Crippen molar-refractivity contribution in [3.8, 4) is 5.75 Å². The molecule has 26 heavy (non-hydrogen) atoms. The number of methoxy groups -OCH3 is 1. The van der Waals surface area contributed by atoms with Gasteiger partial charge in [0.2, 0.25) is 0 Å². The number of benzene rings is 3. The average molecular weight is 366 g/mol. The summed E-state index contributed by atoms with van der Waals surface area (Å²) in [6, 6.07) is 20.1. The first-order valence-corrected chi connectivity index (χ1v) is 9.74. The molecule has 1 aliphatic heterocycles. The Morgan fingerprint density at radius 3 is 2.46 bits per heavy atom. The third kappa shape index (κ3) is 2.82. The van der Waals surface area contributed by atoms with Crippen molar-refractivity contribution in [3.63, 3.8) is 0 Å². The summed E-state index contributed by atoms with van der Waals surface area (Å²) < 4.78 is 33.0. The second-order valence-electron chi connectivity index (χ2n) is 6.02. The fourth-order valence-corrected chi connectivity index (χ4v) is 4.59. The highest BCUT2D eigenvalue weighted by molar-refractivity contribution is 7.89. The molecule has 0 saturated heterocycles. The Morgan fingerprint density at radius 2 is 1.69 bits per heavy atom. The SMILES string of the molecule is COc1ccc2cc(S(=O)(=O)N3CCN=C3c3ccccc3)ccc2c1. The average Bonchev–Trinajstić information content (AvgIpc) is 3.18. The number of sulfonamides is 1. The van der Waals surface area contributed by atoms with Crippen LogP contribution in [-0.4, -0.2) is 38.8 Å². The van der Waals surface area contributed by atoms with Gasteiger partial charge in [0, 0.05) is 5.56 Å². The van der Waals surface area contributed by atoms with E-state index in [-0.39, 0.29) is 4.90 Å². The minimum Gasteiger partial charge on any atom is -0.497 e. The van der Waals surface area contributed by atoms with E-state index in [1.807, 2.05) is 48.5 Å². The minimum absolute atomic E-state index is 0.265. The second kappa shape index (κ2) is 6.46. The molecule has 0 spiro atoms. The van der Waals surface area contributed by atoms with Gasteiger partial charge in [0.25, 0.3) is 10.0 Å². The highest BCUT2D eigenvalue weighted by atomic mass is 32.2. The quantitative estimate of drug-likeness (QED) is 0.712. The van der Waals surface area contributed by atoms with Crippen LogP contribution in [0.2, 0.25) is 0 Å². The molecule has 1 aliphatic rings. The number of aliphatic imine (C=N–C) groups is 1. The molecule has 0 saturated carbocycles. The molecule has 0 unspecified atom stereocenters. The molecule has 6 heteroatoms. The Balaban J connectivity index is 1.74. The van der Waals surface area contributed by atoms with Crippen LogP contribution in [0.25, 0.3) is 10.8 Å². The van der Waals surface area contributed by atoms with E-state index in [0.717, 1.165) is 22.1 Å². The predicted octanol–water partition coefficient (Wildman–Crippen LogP) is 3.30. The lowest BCUT2D eigenvalue weighted by Gasteiger charge is -2.21. The molecule has 0 atom stereocenters. The molecule has 0 aliphatic carbocycles. The van der Waals surface area contributed by atoms with Gasteiger partial charge < -0.3 is 4.74 Å². The number of amidine groups is 1. The van der Waals surface area contributed by atoms with Crippen molar-refractivity contribution < 1.29 is 13.2 Å². The van der Waals surface area contributed by atoms with Crippen molar-refractivity contribution in [1.29, 1.82) is 0 Å². The van der Waals surface area contributed by atoms with Crippen molar-refractivity contribution >= 4 is 26.6 Å². The van der Waals surface area contributed by atoms with Crippen LogP contribution < -0.4 is 4.74 Å². The molecular formula is C20H18N2O3S. The number of ether oxygens (including phenoxy) is 1. The molecule has 132 valence electrons. The third-order valence-electron chi connectivity index (χ3n) is 4.44. The van der Waals surface area contributed by atoms with Crippen LogP contribution in [0.5, 0.6) is 5.75 Å². The van der Waals surface area contributed by atoms with Crippen LogP contribution in [0.1, 0.15) is 5.56 Å². The maximum Gasteiger partial charge on any atom is 0.265 e. The first-order chi connectivity index (χ1) is 12.6. The Bertz CT molecular complexity index is 1090. The van der Waals surface area contributed by atoms with Crippen LogP contribution in [0.3, 0.4) is 0 Å². The maximum absolute atomic E-state index is 13.2. The van der Waals surface area contributed by atoms with Gasteiger partial charge in [-0.25, -0.2) is 12.7 Å². The summed E-state index contributed by atoms with van der Waals surface area (Å²) in [6.07, 6.45) is 0. The monoisotopic (exact) mass is 366 g/mol. The molecule has 0 amide bonds. The van der Waals surface area contributed by atoms with E-state index >= 15 is 0 Å². The van der Waals surface area contributed by atoms with Crippen molar-refractivity contribution in [2.45, 2.75) is 4.90 Å². The molecule has 0 bridgehead atoms. The predicted molar refractivity (Wildman–Crippen MR) is 102 cm³/mol. The van der Waals surface area contributed by atoms with Crippen molar-refractivity contribution in [1.82, 2.24) is 4.31 Å². The third-order valence-corrected chi connectivity index (χ3v) is 6.23. The summed E-state index contributed by atoms with van der Waals surface area (Å²) >= 11 is 0. The largest absolute Gasteiger partial charge is 0.497 e. The van der Waals surface area contributed by atoms with Crippen molar-refractivity contribution in [2.75, 3.05) is 20.2 Å². The molecular weight excluding hydrogens is 348 g/mol. The summed E-state index contributed by atoms with van der Waals surface area (Å²) in [5.74, 6) is 1.24. The molecule has 0 radical (unpaired) electrons. The standard InChI is InChI=1S/C20H18N2O3S/c1-25-18-9-7-17-14-19(10-8-16(17)13-18)26(23,24)22-12-11-21-20(22)15-5-3-2-4-6-15/h2-10,13-14H,11-12H2,1H3. The number of nitrogens with zero attached hydrogens (tertiary/aromatic N) is 2. The Kier molecular flexibility index (Phi) is 4.12. The molecule has 0 fully saturated rings.